The lowest BCUT2D eigenvalue weighted by atomic mass is 10.1. The molecule has 1 aromatic rings. The monoisotopic (exact) mass is 260 g/mol. The van der Waals surface area contributed by atoms with E-state index in [-0.39, 0.29) is 0 Å². The first kappa shape index (κ1) is 12.9. The summed E-state index contributed by atoms with van der Waals surface area (Å²) < 4.78 is 5.22. The van der Waals surface area contributed by atoms with Crippen molar-refractivity contribution in [2.45, 2.75) is 38.4 Å². The summed E-state index contributed by atoms with van der Waals surface area (Å²) in [7, 11) is 1.72. The number of rotatable bonds is 3. The molecule has 19 heavy (non-hydrogen) atoms. The van der Waals surface area contributed by atoms with E-state index >= 15 is 0 Å². The zero-order valence-electron chi connectivity index (χ0n) is 12.0. The highest BCUT2D eigenvalue weighted by Gasteiger charge is 2.34. The summed E-state index contributed by atoms with van der Waals surface area (Å²) in [5.74, 6) is 0.942. The normalized spacial score (nSPS) is 28.3. The van der Waals surface area contributed by atoms with Crippen LogP contribution < -0.4 is 4.74 Å². The van der Waals surface area contributed by atoms with Crippen LogP contribution in [0, 0.1) is 0 Å². The van der Waals surface area contributed by atoms with Crippen molar-refractivity contribution in [1.29, 1.82) is 0 Å². The van der Waals surface area contributed by atoms with Gasteiger partial charge in [-0.15, -0.1) is 0 Å². The quantitative estimate of drug-likeness (QED) is 0.830. The van der Waals surface area contributed by atoms with E-state index in [4.69, 9.17) is 4.74 Å². The summed E-state index contributed by atoms with van der Waals surface area (Å²) in [6, 6.07) is 9.96. The molecule has 0 radical (unpaired) electrons. The molecule has 2 heterocycles. The van der Waals surface area contributed by atoms with Gasteiger partial charge in [0.25, 0.3) is 0 Å². The van der Waals surface area contributed by atoms with Gasteiger partial charge in [0.15, 0.2) is 0 Å². The maximum absolute atomic E-state index is 5.22. The van der Waals surface area contributed by atoms with Crippen molar-refractivity contribution in [2.75, 3.05) is 26.7 Å². The third-order valence-electron chi connectivity index (χ3n) is 4.61. The number of methoxy groups -OCH3 is 1. The molecule has 104 valence electrons. The SMILES string of the molecule is COc1ccc(CN2C[C@H]3CCCN3C[C@H]2C)cc1. The van der Waals surface area contributed by atoms with Gasteiger partial charge in [-0.3, -0.25) is 9.80 Å². The fourth-order valence-electron chi connectivity index (χ4n) is 3.43. The molecule has 3 nitrogen and oxygen atoms in total. The molecule has 0 unspecified atom stereocenters. The molecule has 1 aromatic carbocycles. The highest BCUT2D eigenvalue weighted by molar-refractivity contribution is 5.27. The van der Waals surface area contributed by atoms with E-state index in [1.165, 1.54) is 38.0 Å². The highest BCUT2D eigenvalue weighted by atomic mass is 16.5. The molecule has 0 bridgehead atoms. The number of nitrogens with zero attached hydrogens (tertiary/aromatic N) is 2. The molecular weight excluding hydrogens is 236 g/mol. The van der Waals surface area contributed by atoms with E-state index in [1.807, 2.05) is 0 Å². The zero-order chi connectivity index (χ0) is 13.2. The first-order valence-corrected chi connectivity index (χ1v) is 7.37. The van der Waals surface area contributed by atoms with Gasteiger partial charge in [-0.05, 0) is 44.0 Å². The molecule has 2 fully saturated rings. The Morgan fingerprint density at radius 1 is 1.21 bits per heavy atom. The van der Waals surface area contributed by atoms with E-state index in [9.17, 15) is 0 Å². The molecule has 3 heteroatoms. The fourth-order valence-corrected chi connectivity index (χ4v) is 3.43. The predicted molar refractivity (Wildman–Crippen MR) is 77.5 cm³/mol. The molecule has 2 aliphatic rings. The van der Waals surface area contributed by atoms with Crippen LogP contribution in [-0.4, -0.2) is 48.6 Å². The highest BCUT2D eigenvalue weighted by Crippen LogP contribution is 2.26. The Balaban J connectivity index is 1.64. The Labute approximate surface area is 116 Å². The average molecular weight is 260 g/mol. The Kier molecular flexibility index (Phi) is 3.76. The lowest BCUT2D eigenvalue weighted by Crippen LogP contribution is -2.54. The van der Waals surface area contributed by atoms with Crippen LogP contribution >= 0.6 is 0 Å². The second kappa shape index (κ2) is 5.51. The summed E-state index contributed by atoms with van der Waals surface area (Å²) in [5.41, 5.74) is 1.39. The average Bonchev–Trinajstić information content (AvgIpc) is 2.87. The standard InChI is InChI=1S/C16H24N2O/c1-13-10-17-9-3-4-15(17)12-18(13)11-14-5-7-16(19-2)8-6-14/h5-8,13,15H,3-4,9-12H2,1-2H3/t13-,15-/m1/s1. The number of benzene rings is 1. The minimum Gasteiger partial charge on any atom is -0.497 e. The topological polar surface area (TPSA) is 15.7 Å². The smallest absolute Gasteiger partial charge is 0.118 e. The van der Waals surface area contributed by atoms with Crippen molar-refractivity contribution in [3.8, 4) is 5.75 Å². The third-order valence-corrected chi connectivity index (χ3v) is 4.61. The molecule has 2 aliphatic heterocycles. The Morgan fingerprint density at radius 2 is 2.00 bits per heavy atom. The molecule has 0 aliphatic carbocycles. The molecule has 0 N–H and O–H groups in total. The summed E-state index contributed by atoms with van der Waals surface area (Å²) in [5, 5.41) is 0. The van der Waals surface area contributed by atoms with Gasteiger partial charge < -0.3 is 4.74 Å². The van der Waals surface area contributed by atoms with Crippen LogP contribution in [-0.2, 0) is 6.54 Å². The van der Waals surface area contributed by atoms with Crippen LogP contribution in [0.15, 0.2) is 24.3 Å². The molecular formula is C16H24N2O. The number of fused-ring (bicyclic) bond motifs is 1. The van der Waals surface area contributed by atoms with Crippen LogP contribution in [0.3, 0.4) is 0 Å². The number of piperazine rings is 1. The van der Waals surface area contributed by atoms with E-state index in [1.54, 1.807) is 7.11 Å². The number of hydrogen-bond donors (Lipinski definition) is 0. The molecule has 3 rings (SSSR count). The molecule has 0 spiro atoms. The third kappa shape index (κ3) is 2.77. The van der Waals surface area contributed by atoms with Crippen molar-refractivity contribution < 1.29 is 4.74 Å². The van der Waals surface area contributed by atoms with Crippen LogP contribution in [0.4, 0.5) is 0 Å². The van der Waals surface area contributed by atoms with E-state index in [2.05, 4.69) is 41.0 Å². The van der Waals surface area contributed by atoms with Gasteiger partial charge in [0.1, 0.15) is 5.75 Å². The predicted octanol–water partition coefficient (Wildman–Crippen LogP) is 2.36. The van der Waals surface area contributed by atoms with Crippen molar-refractivity contribution >= 4 is 0 Å². The van der Waals surface area contributed by atoms with Crippen LogP contribution in [0.1, 0.15) is 25.3 Å². The second-order valence-corrected chi connectivity index (χ2v) is 5.92. The van der Waals surface area contributed by atoms with Gasteiger partial charge in [-0.25, -0.2) is 0 Å². The van der Waals surface area contributed by atoms with Gasteiger partial charge >= 0.3 is 0 Å². The van der Waals surface area contributed by atoms with Crippen molar-refractivity contribution in [1.82, 2.24) is 9.80 Å². The lowest BCUT2D eigenvalue weighted by Gasteiger charge is -2.42. The number of hydrogen-bond acceptors (Lipinski definition) is 3. The lowest BCUT2D eigenvalue weighted by molar-refractivity contribution is 0.0540. The fraction of sp³-hybridized carbons (Fsp3) is 0.625. The Bertz CT molecular complexity index is 417. The van der Waals surface area contributed by atoms with Crippen LogP contribution in [0.5, 0.6) is 5.75 Å². The van der Waals surface area contributed by atoms with Gasteiger partial charge in [-0.1, -0.05) is 12.1 Å². The van der Waals surface area contributed by atoms with Gasteiger partial charge in [0.2, 0.25) is 0 Å². The maximum atomic E-state index is 5.22. The summed E-state index contributed by atoms with van der Waals surface area (Å²) >= 11 is 0. The minimum atomic E-state index is 0.663. The summed E-state index contributed by atoms with van der Waals surface area (Å²) in [6.07, 6.45) is 2.76. The maximum Gasteiger partial charge on any atom is 0.118 e. The Morgan fingerprint density at radius 3 is 2.74 bits per heavy atom. The van der Waals surface area contributed by atoms with E-state index in [0.717, 1.165) is 18.3 Å². The van der Waals surface area contributed by atoms with Crippen molar-refractivity contribution in [2.24, 2.45) is 0 Å². The number of ether oxygens (including phenoxy) is 1. The second-order valence-electron chi connectivity index (χ2n) is 5.92. The van der Waals surface area contributed by atoms with Crippen LogP contribution in [0.2, 0.25) is 0 Å². The molecule has 0 aromatic heterocycles. The molecule has 2 atom stereocenters. The Hall–Kier alpha value is -1.06. The van der Waals surface area contributed by atoms with E-state index in [0.29, 0.717) is 6.04 Å². The minimum absolute atomic E-state index is 0.663. The van der Waals surface area contributed by atoms with Gasteiger partial charge in [-0.2, -0.15) is 0 Å². The molecule has 0 saturated carbocycles. The summed E-state index contributed by atoms with van der Waals surface area (Å²) in [6.45, 7) is 7.20. The molecule has 2 saturated heterocycles. The zero-order valence-corrected chi connectivity index (χ0v) is 12.0. The molecule has 0 amide bonds. The van der Waals surface area contributed by atoms with E-state index < -0.39 is 0 Å². The van der Waals surface area contributed by atoms with Gasteiger partial charge in [0.05, 0.1) is 7.11 Å². The van der Waals surface area contributed by atoms with Crippen molar-refractivity contribution in [3.05, 3.63) is 29.8 Å². The van der Waals surface area contributed by atoms with Gasteiger partial charge in [0, 0.05) is 31.7 Å². The van der Waals surface area contributed by atoms with Crippen LogP contribution in [0.25, 0.3) is 0 Å². The van der Waals surface area contributed by atoms with Crippen molar-refractivity contribution in [3.63, 3.8) is 0 Å². The first-order valence-electron chi connectivity index (χ1n) is 7.37. The summed E-state index contributed by atoms with van der Waals surface area (Å²) in [4.78, 5) is 5.31. The largest absolute Gasteiger partial charge is 0.497 e. The first-order chi connectivity index (χ1) is 9.26.